The number of aliphatic carboxylic acids is 1. The Morgan fingerprint density at radius 2 is 1.67 bits per heavy atom. The Morgan fingerprint density at radius 1 is 1.00 bits per heavy atom. The zero-order valence-corrected chi connectivity index (χ0v) is 15.8. The molecule has 1 atom stereocenters. The number of carboxylic acid groups (broad SMARTS) is 1. The summed E-state index contributed by atoms with van der Waals surface area (Å²) in [5.74, 6) is -0.666. The number of hydrogen-bond acceptors (Lipinski definition) is 1. The van der Waals surface area contributed by atoms with E-state index >= 15 is 0 Å². The molecule has 3 heteroatoms. The van der Waals surface area contributed by atoms with Gasteiger partial charge in [0, 0.05) is 10.3 Å². The topological polar surface area (TPSA) is 37.3 Å². The molecule has 0 amide bonds. The van der Waals surface area contributed by atoms with Crippen LogP contribution in [0.15, 0.2) is 12.2 Å². The molecular weight excluding hydrogens is 375 g/mol. The van der Waals surface area contributed by atoms with Crippen molar-refractivity contribution in [2.75, 3.05) is 0 Å². The third-order valence-electron chi connectivity index (χ3n) is 3.69. The van der Waals surface area contributed by atoms with Gasteiger partial charge in [0.05, 0.1) is 0 Å². The SMILES string of the molecule is CCCCCCC(I)CC=CCCCCCCCC(=O)O. The van der Waals surface area contributed by atoms with Gasteiger partial charge in [0.25, 0.3) is 0 Å². The maximum absolute atomic E-state index is 10.3. The van der Waals surface area contributed by atoms with Gasteiger partial charge in [-0.15, -0.1) is 0 Å². The van der Waals surface area contributed by atoms with Crippen LogP contribution in [0.5, 0.6) is 0 Å². The van der Waals surface area contributed by atoms with Crippen LogP contribution in [0, 0.1) is 0 Å². The molecule has 0 aromatic carbocycles. The summed E-state index contributed by atoms with van der Waals surface area (Å²) in [6.45, 7) is 2.26. The quantitative estimate of drug-likeness (QED) is 0.145. The first-order valence-corrected chi connectivity index (χ1v) is 9.92. The Bertz CT molecular complexity index is 264. The van der Waals surface area contributed by atoms with Crippen LogP contribution in [0.4, 0.5) is 0 Å². The predicted octanol–water partition coefficient (Wildman–Crippen LogP) is 6.52. The van der Waals surface area contributed by atoms with Gasteiger partial charge in [0.15, 0.2) is 0 Å². The minimum atomic E-state index is -0.666. The van der Waals surface area contributed by atoms with Crippen molar-refractivity contribution < 1.29 is 9.90 Å². The van der Waals surface area contributed by atoms with Crippen LogP contribution in [0.25, 0.3) is 0 Å². The third-order valence-corrected chi connectivity index (χ3v) is 4.82. The van der Waals surface area contributed by atoms with E-state index in [4.69, 9.17) is 5.11 Å². The number of hydrogen-bond donors (Lipinski definition) is 1. The zero-order valence-electron chi connectivity index (χ0n) is 13.7. The Kier molecular flexibility index (Phi) is 16.3. The number of halogens is 1. The first-order chi connectivity index (χ1) is 10.2. The number of carboxylic acids is 1. The molecule has 0 aromatic heterocycles. The van der Waals surface area contributed by atoms with E-state index in [1.54, 1.807) is 0 Å². The fourth-order valence-corrected chi connectivity index (χ4v) is 3.07. The lowest BCUT2D eigenvalue weighted by molar-refractivity contribution is -0.137. The minimum Gasteiger partial charge on any atom is -0.481 e. The van der Waals surface area contributed by atoms with Crippen LogP contribution >= 0.6 is 22.6 Å². The number of rotatable bonds is 15. The molecule has 0 spiro atoms. The van der Waals surface area contributed by atoms with Gasteiger partial charge in [-0.05, 0) is 32.1 Å². The predicted molar refractivity (Wildman–Crippen MR) is 100 cm³/mol. The molecule has 21 heavy (non-hydrogen) atoms. The number of carbonyl (C=O) groups is 1. The highest BCUT2D eigenvalue weighted by Crippen LogP contribution is 2.16. The lowest BCUT2D eigenvalue weighted by Crippen LogP contribution is -1.95. The van der Waals surface area contributed by atoms with Gasteiger partial charge >= 0.3 is 5.97 Å². The van der Waals surface area contributed by atoms with Crippen molar-refractivity contribution in [1.82, 2.24) is 0 Å². The molecule has 1 N–H and O–H groups in total. The lowest BCUT2D eigenvalue weighted by Gasteiger charge is -2.06. The van der Waals surface area contributed by atoms with Gasteiger partial charge in [0.2, 0.25) is 0 Å². The van der Waals surface area contributed by atoms with Gasteiger partial charge in [-0.3, -0.25) is 4.79 Å². The standard InChI is InChI=1S/C18H33IO2/c1-2-3-4-11-14-17(19)15-12-9-7-5-6-8-10-13-16-18(20)21/h9,12,17H,2-8,10-11,13-16H2,1H3,(H,20,21). The van der Waals surface area contributed by atoms with Crippen molar-refractivity contribution in [3.8, 4) is 0 Å². The molecular formula is C18H33IO2. The summed E-state index contributed by atoms with van der Waals surface area (Å²) in [6.07, 6.45) is 19.8. The second-order valence-corrected chi connectivity index (χ2v) is 7.62. The summed E-state index contributed by atoms with van der Waals surface area (Å²) in [6, 6.07) is 0. The van der Waals surface area contributed by atoms with Crippen molar-refractivity contribution in [2.45, 2.75) is 94.3 Å². The normalized spacial score (nSPS) is 12.9. The molecule has 0 aliphatic carbocycles. The smallest absolute Gasteiger partial charge is 0.303 e. The van der Waals surface area contributed by atoms with E-state index < -0.39 is 5.97 Å². The summed E-state index contributed by atoms with van der Waals surface area (Å²) in [5, 5.41) is 8.53. The fraction of sp³-hybridized carbons (Fsp3) is 0.833. The molecule has 0 radical (unpaired) electrons. The Hall–Kier alpha value is -0.0600. The minimum absolute atomic E-state index is 0.329. The van der Waals surface area contributed by atoms with E-state index in [0.717, 1.165) is 16.8 Å². The summed E-state index contributed by atoms with van der Waals surface area (Å²) >= 11 is 2.58. The third kappa shape index (κ3) is 17.9. The van der Waals surface area contributed by atoms with E-state index in [2.05, 4.69) is 41.7 Å². The van der Waals surface area contributed by atoms with Gasteiger partial charge in [-0.25, -0.2) is 0 Å². The summed E-state index contributed by atoms with van der Waals surface area (Å²) in [5.41, 5.74) is 0. The van der Waals surface area contributed by atoms with Gasteiger partial charge in [0.1, 0.15) is 0 Å². The average molecular weight is 408 g/mol. The van der Waals surface area contributed by atoms with Crippen LogP contribution in [-0.2, 0) is 4.79 Å². The van der Waals surface area contributed by atoms with Gasteiger partial charge in [-0.1, -0.05) is 86.6 Å². The van der Waals surface area contributed by atoms with Crippen LogP contribution in [-0.4, -0.2) is 15.0 Å². The first kappa shape index (κ1) is 20.9. The molecule has 2 nitrogen and oxygen atoms in total. The highest BCUT2D eigenvalue weighted by atomic mass is 127. The van der Waals surface area contributed by atoms with Gasteiger partial charge in [-0.2, -0.15) is 0 Å². The molecule has 124 valence electrons. The van der Waals surface area contributed by atoms with Crippen LogP contribution in [0.1, 0.15) is 90.4 Å². The van der Waals surface area contributed by atoms with E-state index in [0.29, 0.717) is 6.42 Å². The van der Waals surface area contributed by atoms with E-state index in [-0.39, 0.29) is 0 Å². The fourth-order valence-electron chi connectivity index (χ4n) is 2.34. The highest BCUT2D eigenvalue weighted by Gasteiger charge is 2.00. The highest BCUT2D eigenvalue weighted by molar-refractivity contribution is 14.1. The second kappa shape index (κ2) is 16.3. The number of allylic oxidation sites excluding steroid dienone is 2. The summed E-state index contributed by atoms with van der Waals surface area (Å²) < 4.78 is 0.798. The van der Waals surface area contributed by atoms with E-state index in [9.17, 15) is 4.79 Å². The first-order valence-electron chi connectivity index (χ1n) is 8.67. The molecule has 0 aliphatic rings. The molecule has 0 fully saturated rings. The van der Waals surface area contributed by atoms with Crippen molar-refractivity contribution >= 4 is 28.6 Å². The average Bonchev–Trinajstić information content (AvgIpc) is 2.45. The second-order valence-electron chi connectivity index (χ2n) is 5.85. The summed E-state index contributed by atoms with van der Waals surface area (Å²) in [7, 11) is 0. The molecule has 0 saturated heterocycles. The largest absolute Gasteiger partial charge is 0.481 e. The molecule has 1 unspecified atom stereocenters. The van der Waals surface area contributed by atoms with E-state index in [1.807, 2.05) is 0 Å². The van der Waals surface area contributed by atoms with E-state index in [1.165, 1.54) is 64.2 Å². The number of alkyl halides is 1. The number of unbranched alkanes of at least 4 members (excludes halogenated alkanes) is 8. The lowest BCUT2D eigenvalue weighted by atomic mass is 10.1. The van der Waals surface area contributed by atoms with Crippen LogP contribution in [0.2, 0.25) is 0 Å². The molecule has 0 aromatic rings. The van der Waals surface area contributed by atoms with Crippen molar-refractivity contribution in [3.63, 3.8) is 0 Å². The van der Waals surface area contributed by atoms with Gasteiger partial charge < -0.3 is 5.11 Å². The van der Waals surface area contributed by atoms with Crippen molar-refractivity contribution in [3.05, 3.63) is 12.2 Å². The Morgan fingerprint density at radius 3 is 2.38 bits per heavy atom. The van der Waals surface area contributed by atoms with Crippen molar-refractivity contribution in [2.24, 2.45) is 0 Å². The van der Waals surface area contributed by atoms with Crippen LogP contribution < -0.4 is 0 Å². The Labute approximate surface area is 144 Å². The molecule has 0 aliphatic heterocycles. The maximum Gasteiger partial charge on any atom is 0.303 e. The zero-order chi connectivity index (χ0) is 15.8. The Balaban J connectivity index is 3.26. The van der Waals surface area contributed by atoms with Crippen LogP contribution in [0.3, 0.4) is 0 Å². The maximum atomic E-state index is 10.3. The molecule has 0 heterocycles. The summed E-state index contributed by atoms with van der Waals surface area (Å²) in [4.78, 5) is 10.3. The molecule has 0 rings (SSSR count). The molecule has 0 saturated carbocycles. The molecule has 0 bridgehead atoms. The monoisotopic (exact) mass is 408 g/mol. The van der Waals surface area contributed by atoms with Crippen molar-refractivity contribution in [1.29, 1.82) is 0 Å².